The SMILES string of the molecule is O=C1NC(=O)[C@H](c2cn3c4c(cccc24)CCC3)[C@H]1c1c[nH]c2cc(O)ccc12. The van der Waals surface area contributed by atoms with E-state index in [4.69, 9.17) is 0 Å². The molecular formula is C23H19N3O3. The smallest absolute Gasteiger partial charge is 0.235 e. The van der Waals surface area contributed by atoms with E-state index >= 15 is 0 Å². The Morgan fingerprint density at radius 3 is 2.69 bits per heavy atom. The Labute approximate surface area is 166 Å². The second-order valence-electron chi connectivity index (χ2n) is 7.98. The number of hydrogen-bond donors (Lipinski definition) is 3. The van der Waals surface area contributed by atoms with E-state index in [-0.39, 0.29) is 17.6 Å². The second kappa shape index (κ2) is 5.73. The average molecular weight is 385 g/mol. The second-order valence-corrected chi connectivity index (χ2v) is 7.98. The molecule has 2 aromatic carbocycles. The van der Waals surface area contributed by atoms with Crippen molar-refractivity contribution < 1.29 is 14.7 Å². The van der Waals surface area contributed by atoms with Crippen LogP contribution in [0.2, 0.25) is 0 Å². The highest BCUT2D eigenvalue weighted by atomic mass is 16.3. The molecule has 29 heavy (non-hydrogen) atoms. The highest BCUT2D eigenvalue weighted by Crippen LogP contribution is 2.44. The van der Waals surface area contributed by atoms with Gasteiger partial charge in [0, 0.05) is 41.3 Å². The van der Waals surface area contributed by atoms with Crippen LogP contribution in [0.15, 0.2) is 48.8 Å². The quantitative estimate of drug-likeness (QED) is 0.463. The van der Waals surface area contributed by atoms with E-state index in [0.29, 0.717) is 0 Å². The number of fused-ring (bicyclic) bond motifs is 1. The van der Waals surface area contributed by atoms with Crippen LogP contribution in [0.5, 0.6) is 5.75 Å². The summed E-state index contributed by atoms with van der Waals surface area (Å²) in [5.41, 5.74) is 4.91. The summed E-state index contributed by atoms with van der Waals surface area (Å²) >= 11 is 0. The summed E-state index contributed by atoms with van der Waals surface area (Å²) in [6, 6.07) is 11.3. The van der Waals surface area contributed by atoms with Crippen LogP contribution in [0.4, 0.5) is 0 Å². The van der Waals surface area contributed by atoms with Crippen molar-refractivity contribution >= 4 is 33.6 Å². The maximum Gasteiger partial charge on any atom is 0.235 e. The fourth-order valence-electron chi connectivity index (χ4n) is 5.15. The number of imide groups is 1. The molecule has 0 radical (unpaired) electrons. The van der Waals surface area contributed by atoms with Crippen LogP contribution in [-0.2, 0) is 22.6 Å². The Bertz CT molecular complexity index is 1330. The van der Waals surface area contributed by atoms with Crippen molar-refractivity contribution in [2.24, 2.45) is 0 Å². The average Bonchev–Trinajstić information content (AvgIpc) is 3.36. The molecule has 2 aromatic heterocycles. The van der Waals surface area contributed by atoms with E-state index < -0.39 is 11.8 Å². The number of rotatable bonds is 2. The number of carbonyl (C=O) groups is 2. The van der Waals surface area contributed by atoms with Gasteiger partial charge in [0.05, 0.1) is 17.4 Å². The van der Waals surface area contributed by atoms with E-state index in [1.54, 1.807) is 24.4 Å². The van der Waals surface area contributed by atoms with Crippen LogP contribution >= 0.6 is 0 Å². The van der Waals surface area contributed by atoms with Crippen molar-refractivity contribution in [1.82, 2.24) is 14.9 Å². The Morgan fingerprint density at radius 1 is 1.00 bits per heavy atom. The topological polar surface area (TPSA) is 87.1 Å². The van der Waals surface area contributed by atoms with Gasteiger partial charge in [0.1, 0.15) is 5.75 Å². The van der Waals surface area contributed by atoms with Crippen molar-refractivity contribution in [3.05, 3.63) is 65.5 Å². The number of para-hydroxylation sites is 1. The third-order valence-corrected chi connectivity index (χ3v) is 6.37. The van der Waals surface area contributed by atoms with Crippen molar-refractivity contribution in [2.75, 3.05) is 0 Å². The summed E-state index contributed by atoms with van der Waals surface area (Å²) in [7, 11) is 0. The molecule has 2 aliphatic heterocycles. The van der Waals surface area contributed by atoms with Crippen LogP contribution in [0.1, 0.15) is 34.9 Å². The molecule has 6 rings (SSSR count). The van der Waals surface area contributed by atoms with Gasteiger partial charge in [-0.05, 0) is 41.7 Å². The predicted octanol–water partition coefficient (Wildman–Crippen LogP) is 3.30. The molecule has 6 nitrogen and oxygen atoms in total. The molecule has 0 aliphatic carbocycles. The van der Waals surface area contributed by atoms with Crippen molar-refractivity contribution in [3.63, 3.8) is 0 Å². The number of benzene rings is 2. The van der Waals surface area contributed by atoms with Gasteiger partial charge in [-0.15, -0.1) is 0 Å². The maximum atomic E-state index is 12.9. The van der Waals surface area contributed by atoms with Gasteiger partial charge in [0.15, 0.2) is 0 Å². The number of hydrogen-bond acceptors (Lipinski definition) is 3. The number of phenols is 1. The third kappa shape index (κ3) is 2.23. The van der Waals surface area contributed by atoms with E-state index in [0.717, 1.165) is 46.8 Å². The predicted molar refractivity (Wildman–Crippen MR) is 109 cm³/mol. The minimum atomic E-state index is -0.607. The highest BCUT2D eigenvalue weighted by molar-refractivity contribution is 6.13. The van der Waals surface area contributed by atoms with Crippen LogP contribution < -0.4 is 5.32 Å². The van der Waals surface area contributed by atoms with E-state index in [9.17, 15) is 14.7 Å². The molecule has 4 aromatic rings. The Balaban J connectivity index is 1.57. The van der Waals surface area contributed by atoms with Gasteiger partial charge >= 0.3 is 0 Å². The fourth-order valence-corrected chi connectivity index (χ4v) is 5.15. The number of phenolic OH excluding ortho intramolecular Hbond substituents is 1. The monoisotopic (exact) mass is 385 g/mol. The summed E-state index contributed by atoms with van der Waals surface area (Å²) in [4.78, 5) is 28.9. The molecule has 1 saturated heterocycles. The molecule has 144 valence electrons. The van der Waals surface area contributed by atoms with Gasteiger partial charge in [0.2, 0.25) is 11.8 Å². The molecule has 4 heterocycles. The molecule has 3 N–H and O–H groups in total. The van der Waals surface area contributed by atoms with Gasteiger partial charge in [-0.25, -0.2) is 0 Å². The number of H-pyrrole nitrogens is 1. The number of nitrogens with one attached hydrogen (secondary N) is 2. The molecule has 0 saturated carbocycles. The van der Waals surface area contributed by atoms with E-state index in [2.05, 4.69) is 33.2 Å². The molecule has 2 amide bonds. The standard InChI is InChI=1S/C23H19N3O3/c27-13-6-7-14-16(10-24-18(14)9-13)19-20(23(29)25-22(19)28)17-11-26-8-2-4-12-3-1-5-15(17)21(12)26/h1,3,5-7,9-11,19-20,24,27H,2,4,8H2,(H,25,28,29)/t19-,20-/m1/s1. The summed E-state index contributed by atoms with van der Waals surface area (Å²) in [6.07, 6.45) is 5.95. The zero-order chi connectivity index (χ0) is 19.7. The van der Waals surface area contributed by atoms with Crippen LogP contribution in [0.3, 0.4) is 0 Å². The van der Waals surface area contributed by atoms with Crippen LogP contribution in [0, 0.1) is 0 Å². The normalized spacial score (nSPS) is 21.2. The number of amides is 2. The first-order chi connectivity index (χ1) is 14.1. The van der Waals surface area contributed by atoms with E-state index in [1.165, 1.54) is 11.1 Å². The number of aromatic nitrogens is 2. The first-order valence-corrected chi connectivity index (χ1v) is 9.87. The lowest BCUT2D eigenvalue weighted by atomic mass is 9.83. The zero-order valence-electron chi connectivity index (χ0n) is 15.6. The van der Waals surface area contributed by atoms with E-state index in [1.807, 2.05) is 6.07 Å². The fraction of sp³-hybridized carbons (Fsp3) is 0.217. The molecule has 2 atom stereocenters. The molecule has 0 spiro atoms. The van der Waals surface area contributed by atoms with Gasteiger partial charge in [-0.1, -0.05) is 18.2 Å². The molecule has 0 bridgehead atoms. The number of aromatic amines is 1. The van der Waals surface area contributed by atoms with Crippen LogP contribution in [0.25, 0.3) is 21.8 Å². The Kier molecular flexibility index (Phi) is 3.25. The molecule has 2 aliphatic rings. The minimum absolute atomic E-state index is 0.156. The summed E-state index contributed by atoms with van der Waals surface area (Å²) in [5.74, 6) is -1.56. The highest BCUT2D eigenvalue weighted by Gasteiger charge is 2.45. The zero-order valence-corrected chi connectivity index (χ0v) is 15.6. The van der Waals surface area contributed by atoms with Crippen LogP contribution in [-0.4, -0.2) is 26.5 Å². The first kappa shape index (κ1) is 16.4. The largest absolute Gasteiger partial charge is 0.508 e. The summed E-state index contributed by atoms with van der Waals surface area (Å²) < 4.78 is 2.23. The third-order valence-electron chi connectivity index (χ3n) is 6.37. The lowest BCUT2D eigenvalue weighted by Crippen LogP contribution is -2.21. The summed E-state index contributed by atoms with van der Waals surface area (Å²) in [6.45, 7) is 0.923. The number of aryl methyl sites for hydroxylation is 2. The van der Waals surface area contributed by atoms with Gasteiger partial charge in [-0.3, -0.25) is 14.9 Å². The number of carbonyl (C=O) groups excluding carboxylic acids is 2. The first-order valence-electron chi connectivity index (χ1n) is 9.87. The summed E-state index contributed by atoms with van der Waals surface area (Å²) in [5, 5.41) is 14.2. The van der Waals surface area contributed by atoms with Gasteiger partial charge in [0.25, 0.3) is 0 Å². The number of aromatic hydroxyl groups is 1. The van der Waals surface area contributed by atoms with Crippen molar-refractivity contribution in [2.45, 2.75) is 31.2 Å². The lowest BCUT2D eigenvalue weighted by Gasteiger charge is -2.15. The molecule has 0 unspecified atom stereocenters. The molecular weight excluding hydrogens is 366 g/mol. The van der Waals surface area contributed by atoms with Crippen molar-refractivity contribution in [3.8, 4) is 5.75 Å². The van der Waals surface area contributed by atoms with Gasteiger partial charge < -0.3 is 14.7 Å². The minimum Gasteiger partial charge on any atom is -0.508 e. The Hall–Kier alpha value is -3.54. The van der Waals surface area contributed by atoms with Gasteiger partial charge in [-0.2, -0.15) is 0 Å². The number of nitrogens with zero attached hydrogens (tertiary/aromatic N) is 1. The maximum absolute atomic E-state index is 12.9. The Morgan fingerprint density at radius 2 is 1.83 bits per heavy atom. The molecule has 6 heteroatoms. The molecule has 1 fully saturated rings. The van der Waals surface area contributed by atoms with Crippen molar-refractivity contribution in [1.29, 1.82) is 0 Å². The lowest BCUT2D eigenvalue weighted by molar-refractivity contribution is -0.125.